The van der Waals surface area contributed by atoms with Gasteiger partial charge in [-0.25, -0.2) is 9.78 Å². The van der Waals surface area contributed by atoms with Crippen molar-refractivity contribution < 1.29 is 19.2 Å². The third kappa shape index (κ3) is 5.42. The molecular weight excluding hydrogens is 376 g/mol. The minimum Gasteiger partial charge on any atom is -0.497 e. The number of nitro groups is 1. The van der Waals surface area contributed by atoms with Gasteiger partial charge >= 0.3 is 11.8 Å². The summed E-state index contributed by atoms with van der Waals surface area (Å²) in [5.74, 6) is 0.756. The molecule has 0 atom stereocenters. The lowest BCUT2D eigenvalue weighted by Gasteiger charge is -2.27. The van der Waals surface area contributed by atoms with Crippen LogP contribution < -0.4 is 9.64 Å². The third-order valence-electron chi connectivity index (χ3n) is 3.93. The number of nitriles is 1. The molecular formula is C20H22N4O5. The molecule has 9 heteroatoms. The second-order valence-corrected chi connectivity index (χ2v) is 7.26. The van der Waals surface area contributed by atoms with Crippen molar-refractivity contribution in [3.63, 3.8) is 0 Å². The van der Waals surface area contributed by atoms with E-state index in [9.17, 15) is 20.2 Å². The van der Waals surface area contributed by atoms with Crippen LogP contribution >= 0.6 is 0 Å². The fourth-order valence-electron chi connectivity index (χ4n) is 2.52. The Bertz CT molecular complexity index is 976. The van der Waals surface area contributed by atoms with Crippen molar-refractivity contribution in [3.8, 4) is 11.8 Å². The van der Waals surface area contributed by atoms with Crippen LogP contribution in [-0.4, -0.2) is 28.7 Å². The van der Waals surface area contributed by atoms with Crippen LogP contribution in [0, 0.1) is 28.4 Å². The SMILES string of the molecule is COc1ccc(CN(C(=O)OC(C)(C)C)c2ccc([N+](=O)[O-])c(C#N)n2)c(C)c1. The summed E-state index contributed by atoms with van der Waals surface area (Å²) in [6.07, 6.45) is -0.682. The van der Waals surface area contributed by atoms with Crippen molar-refractivity contribution in [2.24, 2.45) is 0 Å². The van der Waals surface area contributed by atoms with E-state index in [1.54, 1.807) is 40.0 Å². The molecule has 0 fully saturated rings. The van der Waals surface area contributed by atoms with E-state index in [1.165, 1.54) is 11.0 Å². The lowest BCUT2D eigenvalue weighted by molar-refractivity contribution is -0.385. The van der Waals surface area contributed by atoms with Gasteiger partial charge in [0.25, 0.3) is 0 Å². The van der Waals surface area contributed by atoms with Crippen molar-refractivity contribution in [1.29, 1.82) is 5.26 Å². The average molecular weight is 398 g/mol. The number of carbonyl (C=O) groups excluding carboxylic acids is 1. The molecule has 2 aromatic rings. The summed E-state index contributed by atoms with van der Waals surface area (Å²) < 4.78 is 10.7. The average Bonchev–Trinajstić information content (AvgIpc) is 2.64. The van der Waals surface area contributed by atoms with E-state index in [1.807, 2.05) is 19.1 Å². The number of aromatic nitrogens is 1. The first-order valence-corrected chi connectivity index (χ1v) is 8.75. The van der Waals surface area contributed by atoms with Gasteiger partial charge in [-0.3, -0.25) is 15.0 Å². The highest BCUT2D eigenvalue weighted by Gasteiger charge is 2.27. The number of ether oxygens (including phenoxy) is 2. The first kappa shape index (κ1) is 21.6. The van der Waals surface area contributed by atoms with Crippen molar-refractivity contribution in [2.45, 2.75) is 39.8 Å². The highest BCUT2D eigenvalue weighted by molar-refractivity contribution is 5.87. The van der Waals surface area contributed by atoms with Crippen LogP contribution in [0.5, 0.6) is 5.75 Å². The maximum atomic E-state index is 12.8. The molecule has 1 heterocycles. The molecule has 2 rings (SSSR count). The molecule has 0 unspecified atom stereocenters. The lowest BCUT2D eigenvalue weighted by Crippen LogP contribution is -2.37. The van der Waals surface area contributed by atoms with Crippen LogP contribution in [0.3, 0.4) is 0 Å². The van der Waals surface area contributed by atoms with E-state index in [2.05, 4.69) is 4.98 Å². The molecule has 152 valence electrons. The normalized spacial score (nSPS) is 10.8. The Kier molecular flexibility index (Phi) is 6.38. The van der Waals surface area contributed by atoms with Gasteiger partial charge in [-0.15, -0.1) is 0 Å². The number of benzene rings is 1. The number of carbonyl (C=O) groups is 1. The van der Waals surface area contributed by atoms with Crippen LogP contribution in [0.25, 0.3) is 0 Å². The van der Waals surface area contributed by atoms with Crippen molar-refractivity contribution in [1.82, 2.24) is 4.98 Å². The zero-order valence-electron chi connectivity index (χ0n) is 16.9. The fourth-order valence-corrected chi connectivity index (χ4v) is 2.52. The molecule has 1 amide bonds. The van der Waals surface area contributed by atoms with Gasteiger partial charge in [-0.1, -0.05) is 6.07 Å². The Balaban J connectivity index is 2.50. The number of nitrogens with zero attached hydrogens (tertiary/aromatic N) is 4. The predicted octanol–water partition coefficient (Wildman–Crippen LogP) is 4.12. The Morgan fingerprint density at radius 1 is 1.31 bits per heavy atom. The number of aryl methyl sites for hydroxylation is 1. The molecule has 0 spiro atoms. The maximum Gasteiger partial charge on any atom is 0.416 e. The molecule has 0 aliphatic heterocycles. The Hall–Kier alpha value is -3.67. The summed E-state index contributed by atoms with van der Waals surface area (Å²) in [6, 6.07) is 9.57. The topological polar surface area (TPSA) is 119 Å². The molecule has 0 saturated heterocycles. The van der Waals surface area contributed by atoms with E-state index < -0.39 is 22.3 Å². The van der Waals surface area contributed by atoms with Gasteiger partial charge in [0.2, 0.25) is 5.69 Å². The van der Waals surface area contributed by atoms with Crippen molar-refractivity contribution in [3.05, 3.63) is 57.3 Å². The van der Waals surface area contributed by atoms with Gasteiger partial charge < -0.3 is 9.47 Å². The smallest absolute Gasteiger partial charge is 0.416 e. The van der Waals surface area contributed by atoms with Gasteiger partial charge in [-0.2, -0.15) is 5.26 Å². The highest BCUT2D eigenvalue weighted by Crippen LogP contribution is 2.26. The Morgan fingerprint density at radius 2 is 2.00 bits per heavy atom. The number of pyridine rings is 1. The monoisotopic (exact) mass is 398 g/mol. The molecule has 9 nitrogen and oxygen atoms in total. The molecule has 0 N–H and O–H groups in total. The van der Waals surface area contributed by atoms with Crippen LogP contribution in [0.15, 0.2) is 30.3 Å². The number of anilines is 1. The Morgan fingerprint density at radius 3 is 2.52 bits per heavy atom. The predicted molar refractivity (Wildman–Crippen MR) is 106 cm³/mol. The van der Waals surface area contributed by atoms with Crippen LogP contribution in [0.4, 0.5) is 16.3 Å². The molecule has 0 aliphatic carbocycles. The van der Waals surface area contributed by atoms with Gasteiger partial charge in [0.1, 0.15) is 23.2 Å². The number of methoxy groups -OCH3 is 1. The maximum absolute atomic E-state index is 12.8. The summed E-state index contributed by atoms with van der Waals surface area (Å²) in [6.45, 7) is 7.15. The Labute approximate surface area is 168 Å². The molecule has 1 aromatic heterocycles. The minimum absolute atomic E-state index is 0.0802. The van der Waals surface area contributed by atoms with Gasteiger partial charge in [0.15, 0.2) is 0 Å². The first-order chi connectivity index (χ1) is 13.6. The summed E-state index contributed by atoms with van der Waals surface area (Å²) in [4.78, 5) is 28.5. The fraction of sp³-hybridized carbons (Fsp3) is 0.350. The minimum atomic E-state index is -0.761. The molecule has 0 aliphatic rings. The van der Waals surface area contributed by atoms with Crippen molar-refractivity contribution >= 4 is 17.6 Å². The van der Waals surface area contributed by atoms with E-state index in [4.69, 9.17) is 9.47 Å². The molecule has 0 radical (unpaired) electrons. The summed E-state index contributed by atoms with van der Waals surface area (Å²) in [5, 5.41) is 20.3. The lowest BCUT2D eigenvalue weighted by atomic mass is 10.1. The number of hydrogen-bond acceptors (Lipinski definition) is 7. The van der Waals surface area contributed by atoms with Gasteiger partial charge in [0, 0.05) is 6.07 Å². The van der Waals surface area contributed by atoms with Crippen LogP contribution in [-0.2, 0) is 11.3 Å². The molecule has 0 saturated carbocycles. The zero-order valence-corrected chi connectivity index (χ0v) is 16.9. The third-order valence-corrected chi connectivity index (χ3v) is 3.93. The van der Waals surface area contributed by atoms with E-state index in [-0.39, 0.29) is 18.1 Å². The largest absolute Gasteiger partial charge is 0.497 e. The number of rotatable bonds is 5. The summed E-state index contributed by atoms with van der Waals surface area (Å²) in [5.41, 5.74) is 0.104. The van der Waals surface area contributed by atoms with Crippen molar-refractivity contribution in [2.75, 3.05) is 12.0 Å². The van der Waals surface area contributed by atoms with Gasteiger partial charge in [-0.05, 0) is 57.0 Å². The standard InChI is InChI=1S/C20H22N4O5/c1-13-10-15(28-5)7-6-14(13)12-23(19(25)29-20(2,3)4)18-9-8-17(24(26)27)16(11-21)22-18/h6-10H,12H2,1-5H3. The second kappa shape index (κ2) is 8.56. The zero-order chi connectivity index (χ0) is 21.8. The van der Waals surface area contributed by atoms with E-state index in [0.29, 0.717) is 5.75 Å². The number of hydrogen-bond donors (Lipinski definition) is 0. The number of amides is 1. The summed E-state index contributed by atoms with van der Waals surface area (Å²) in [7, 11) is 1.56. The van der Waals surface area contributed by atoms with E-state index in [0.717, 1.165) is 17.2 Å². The molecule has 1 aromatic carbocycles. The second-order valence-electron chi connectivity index (χ2n) is 7.26. The molecule has 29 heavy (non-hydrogen) atoms. The van der Waals surface area contributed by atoms with Gasteiger partial charge in [0.05, 0.1) is 18.6 Å². The van der Waals surface area contributed by atoms with Crippen LogP contribution in [0.2, 0.25) is 0 Å². The van der Waals surface area contributed by atoms with E-state index >= 15 is 0 Å². The quantitative estimate of drug-likeness (QED) is 0.549. The molecule has 0 bridgehead atoms. The highest BCUT2D eigenvalue weighted by atomic mass is 16.6. The van der Waals surface area contributed by atoms with Crippen LogP contribution in [0.1, 0.15) is 37.6 Å². The first-order valence-electron chi connectivity index (χ1n) is 8.75. The summed E-state index contributed by atoms with van der Waals surface area (Å²) >= 11 is 0.